The van der Waals surface area contributed by atoms with Crippen molar-refractivity contribution in [3.8, 4) is 21.5 Å². The molecule has 3 rings (SSSR count). The molecule has 19 heavy (non-hydrogen) atoms. The van der Waals surface area contributed by atoms with Crippen LogP contribution in [-0.4, -0.2) is 29.2 Å². The number of methoxy groups -OCH3 is 2. The average molecular weight is 275 g/mol. The summed E-state index contributed by atoms with van der Waals surface area (Å²) in [4.78, 5) is 12.8. The number of ether oxygens (including phenoxy) is 2. The van der Waals surface area contributed by atoms with Gasteiger partial charge in [0.2, 0.25) is 0 Å². The lowest BCUT2D eigenvalue weighted by Crippen LogP contribution is -1.87. The highest BCUT2D eigenvalue weighted by atomic mass is 32.1. The highest BCUT2D eigenvalue weighted by Gasteiger charge is 2.20. The normalized spacial score (nSPS) is 10.9. The highest BCUT2D eigenvalue weighted by Crippen LogP contribution is 2.45. The Morgan fingerprint density at radius 3 is 2.79 bits per heavy atom. The molecule has 0 saturated heterocycles. The fourth-order valence-electron chi connectivity index (χ4n) is 2.04. The van der Waals surface area contributed by atoms with E-state index in [2.05, 4.69) is 15.0 Å². The van der Waals surface area contributed by atoms with E-state index in [0.29, 0.717) is 0 Å². The van der Waals surface area contributed by atoms with Gasteiger partial charge in [0.15, 0.2) is 10.9 Å². The zero-order chi connectivity index (χ0) is 13.4. The Labute approximate surface area is 114 Å². The number of thiophene rings is 1. The molecule has 5 nitrogen and oxygen atoms in total. The lowest BCUT2D eigenvalue weighted by molar-refractivity contribution is 0.401. The molecule has 3 heterocycles. The van der Waals surface area contributed by atoms with Crippen LogP contribution in [0.5, 0.6) is 10.8 Å². The van der Waals surface area contributed by atoms with Crippen molar-refractivity contribution >= 4 is 22.4 Å². The number of nitrogens with one attached hydrogen (secondary N) is 1. The molecule has 0 spiro atoms. The minimum absolute atomic E-state index is 0.774. The number of nitrogens with zero attached hydrogens (tertiary/aromatic N) is 2. The molecule has 0 saturated carbocycles. The van der Waals surface area contributed by atoms with Crippen molar-refractivity contribution in [3.05, 3.63) is 24.0 Å². The molecule has 6 heteroatoms. The van der Waals surface area contributed by atoms with Crippen molar-refractivity contribution in [3.63, 3.8) is 0 Å². The molecule has 0 amide bonds. The standard InChI is InChI=1S/C13H13N3O2S/c1-7-10(17-2)11(19-13(7)18-3)12-15-8-4-5-14-6-9(8)16-12/h4-6H,1-3H3,(H,15,16). The van der Waals surface area contributed by atoms with Gasteiger partial charge in [-0.15, -0.1) is 0 Å². The van der Waals surface area contributed by atoms with E-state index in [-0.39, 0.29) is 0 Å². The zero-order valence-electron chi connectivity index (χ0n) is 10.9. The number of hydrogen-bond donors (Lipinski definition) is 1. The number of H-pyrrole nitrogens is 1. The van der Waals surface area contributed by atoms with Gasteiger partial charge in [-0.3, -0.25) is 4.98 Å². The summed E-state index contributed by atoms with van der Waals surface area (Å²) < 4.78 is 10.8. The van der Waals surface area contributed by atoms with Crippen molar-refractivity contribution in [2.45, 2.75) is 6.92 Å². The van der Waals surface area contributed by atoms with E-state index in [1.54, 1.807) is 26.6 Å². The van der Waals surface area contributed by atoms with Gasteiger partial charge in [0, 0.05) is 11.8 Å². The van der Waals surface area contributed by atoms with Gasteiger partial charge >= 0.3 is 0 Å². The van der Waals surface area contributed by atoms with Gasteiger partial charge in [0.05, 0.1) is 31.4 Å². The van der Waals surface area contributed by atoms with E-state index in [4.69, 9.17) is 9.47 Å². The minimum Gasteiger partial charge on any atom is -0.495 e. The van der Waals surface area contributed by atoms with Crippen LogP contribution in [0.1, 0.15) is 5.56 Å². The number of hydrogen-bond acceptors (Lipinski definition) is 5. The second-order valence-electron chi connectivity index (χ2n) is 4.06. The Hall–Kier alpha value is -2.08. The molecule has 0 aliphatic carbocycles. The largest absolute Gasteiger partial charge is 0.495 e. The first-order valence-corrected chi connectivity index (χ1v) is 6.57. The molecule has 3 aromatic heterocycles. The first kappa shape index (κ1) is 12.0. The maximum absolute atomic E-state index is 5.46. The van der Waals surface area contributed by atoms with Gasteiger partial charge in [0.1, 0.15) is 10.6 Å². The number of rotatable bonds is 3. The first-order chi connectivity index (χ1) is 9.24. The Balaban J connectivity index is 2.20. The van der Waals surface area contributed by atoms with Crippen LogP contribution in [0.2, 0.25) is 0 Å². The highest BCUT2D eigenvalue weighted by molar-refractivity contribution is 7.17. The minimum atomic E-state index is 0.774. The number of imidazole rings is 1. The number of fused-ring (bicyclic) bond motifs is 1. The number of pyridine rings is 1. The van der Waals surface area contributed by atoms with E-state index in [0.717, 1.165) is 38.1 Å². The van der Waals surface area contributed by atoms with Crippen LogP contribution >= 0.6 is 11.3 Å². The van der Waals surface area contributed by atoms with Crippen LogP contribution in [0.4, 0.5) is 0 Å². The zero-order valence-corrected chi connectivity index (χ0v) is 11.7. The van der Waals surface area contributed by atoms with Gasteiger partial charge in [-0.1, -0.05) is 11.3 Å². The smallest absolute Gasteiger partial charge is 0.180 e. The fraction of sp³-hybridized carbons (Fsp3) is 0.231. The molecule has 0 unspecified atom stereocenters. The molecule has 98 valence electrons. The lowest BCUT2D eigenvalue weighted by Gasteiger charge is -2.00. The van der Waals surface area contributed by atoms with Gasteiger partial charge in [-0.05, 0) is 13.0 Å². The lowest BCUT2D eigenvalue weighted by atomic mass is 10.3. The van der Waals surface area contributed by atoms with Gasteiger partial charge in [-0.25, -0.2) is 4.98 Å². The molecule has 0 fully saturated rings. The van der Waals surface area contributed by atoms with Crippen LogP contribution in [0.3, 0.4) is 0 Å². The fourth-order valence-corrected chi connectivity index (χ4v) is 3.08. The van der Waals surface area contributed by atoms with Crippen LogP contribution in [0, 0.1) is 6.92 Å². The van der Waals surface area contributed by atoms with Crippen LogP contribution in [0.15, 0.2) is 18.5 Å². The maximum atomic E-state index is 5.46. The van der Waals surface area contributed by atoms with E-state index < -0.39 is 0 Å². The molecule has 3 aromatic rings. The van der Waals surface area contributed by atoms with Crippen molar-refractivity contribution in [2.24, 2.45) is 0 Å². The second-order valence-corrected chi connectivity index (χ2v) is 5.04. The Morgan fingerprint density at radius 1 is 1.26 bits per heavy atom. The predicted octanol–water partition coefficient (Wildman–Crippen LogP) is 3.01. The van der Waals surface area contributed by atoms with Crippen molar-refractivity contribution in [1.82, 2.24) is 15.0 Å². The molecule has 0 aliphatic rings. The third-order valence-corrected chi connectivity index (χ3v) is 4.18. The van der Waals surface area contributed by atoms with Crippen LogP contribution in [0.25, 0.3) is 21.7 Å². The Bertz CT molecular complexity index is 700. The quantitative estimate of drug-likeness (QED) is 0.798. The maximum Gasteiger partial charge on any atom is 0.180 e. The number of aromatic amines is 1. The van der Waals surface area contributed by atoms with Crippen molar-refractivity contribution in [1.29, 1.82) is 0 Å². The van der Waals surface area contributed by atoms with E-state index >= 15 is 0 Å². The first-order valence-electron chi connectivity index (χ1n) is 5.76. The Morgan fingerprint density at radius 2 is 2.11 bits per heavy atom. The summed E-state index contributed by atoms with van der Waals surface area (Å²) in [6.45, 7) is 1.97. The summed E-state index contributed by atoms with van der Waals surface area (Å²) in [5.41, 5.74) is 2.78. The predicted molar refractivity (Wildman–Crippen MR) is 75.0 cm³/mol. The summed E-state index contributed by atoms with van der Waals surface area (Å²) in [5, 5.41) is 0.838. The number of aromatic nitrogens is 3. The van der Waals surface area contributed by atoms with Crippen molar-refractivity contribution in [2.75, 3.05) is 14.2 Å². The van der Waals surface area contributed by atoms with Crippen LogP contribution < -0.4 is 9.47 Å². The third-order valence-electron chi connectivity index (χ3n) is 2.94. The SMILES string of the molecule is COc1sc(-c2nc3ccncc3[nH]2)c(OC)c1C. The molecule has 0 atom stereocenters. The summed E-state index contributed by atoms with van der Waals surface area (Å²) >= 11 is 1.52. The second kappa shape index (κ2) is 4.55. The molecular weight excluding hydrogens is 262 g/mol. The van der Waals surface area contributed by atoms with Crippen LogP contribution in [-0.2, 0) is 0 Å². The van der Waals surface area contributed by atoms with Crippen molar-refractivity contribution < 1.29 is 9.47 Å². The third kappa shape index (κ3) is 1.84. The van der Waals surface area contributed by atoms with E-state index in [9.17, 15) is 0 Å². The molecule has 0 aliphatic heterocycles. The van der Waals surface area contributed by atoms with E-state index in [1.807, 2.05) is 13.0 Å². The summed E-state index contributed by atoms with van der Waals surface area (Å²) in [7, 11) is 3.31. The summed E-state index contributed by atoms with van der Waals surface area (Å²) in [6, 6.07) is 1.87. The topological polar surface area (TPSA) is 60.0 Å². The summed E-state index contributed by atoms with van der Waals surface area (Å²) in [5.74, 6) is 1.57. The molecule has 0 bridgehead atoms. The van der Waals surface area contributed by atoms with Gasteiger partial charge in [-0.2, -0.15) is 0 Å². The molecule has 0 aromatic carbocycles. The van der Waals surface area contributed by atoms with Gasteiger partial charge in [0.25, 0.3) is 0 Å². The average Bonchev–Trinajstić information content (AvgIpc) is 2.98. The van der Waals surface area contributed by atoms with Gasteiger partial charge < -0.3 is 14.5 Å². The molecule has 0 radical (unpaired) electrons. The molecule has 1 N–H and O–H groups in total. The van der Waals surface area contributed by atoms with E-state index in [1.165, 1.54) is 11.3 Å². The molecular formula is C13H13N3O2S. The Kier molecular flexibility index (Phi) is 2.87. The monoisotopic (exact) mass is 275 g/mol. The summed E-state index contributed by atoms with van der Waals surface area (Å²) in [6.07, 6.45) is 3.49.